The number of aromatic nitrogens is 4. The fourth-order valence-corrected chi connectivity index (χ4v) is 3.29. The molecule has 0 aliphatic carbocycles. The molecule has 1 fully saturated rings. The van der Waals surface area contributed by atoms with Crippen molar-refractivity contribution in [2.75, 3.05) is 26.3 Å². The fourth-order valence-electron chi connectivity index (χ4n) is 3.29. The van der Waals surface area contributed by atoms with E-state index >= 15 is 0 Å². The molecule has 120 valence electrons. The number of nitrogens with zero attached hydrogens (tertiary/aromatic N) is 4. The molecule has 4 rings (SSSR count). The highest BCUT2D eigenvalue weighted by atomic mass is 16.5. The summed E-state index contributed by atoms with van der Waals surface area (Å²) in [5.41, 5.74) is 3.49. The summed E-state index contributed by atoms with van der Waals surface area (Å²) in [6, 6.07) is 4.19. The van der Waals surface area contributed by atoms with Crippen LogP contribution in [0.5, 0.6) is 0 Å². The third-order valence-electron chi connectivity index (χ3n) is 4.38. The van der Waals surface area contributed by atoms with Gasteiger partial charge in [-0.3, -0.25) is 9.88 Å². The first-order valence-electron chi connectivity index (χ1n) is 8.06. The van der Waals surface area contributed by atoms with Gasteiger partial charge in [0.15, 0.2) is 0 Å². The maximum absolute atomic E-state index is 5.82. The number of hydrogen-bond donors (Lipinski definition) is 1. The molecule has 0 amide bonds. The molecule has 23 heavy (non-hydrogen) atoms. The average Bonchev–Trinajstić information content (AvgIpc) is 3.18. The van der Waals surface area contributed by atoms with Crippen LogP contribution in [0, 0.1) is 5.92 Å². The summed E-state index contributed by atoms with van der Waals surface area (Å²) in [5.74, 6) is 0.453. The summed E-state index contributed by atoms with van der Waals surface area (Å²) >= 11 is 0. The second-order valence-corrected chi connectivity index (χ2v) is 6.13. The molecule has 1 saturated heterocycles. The fraction of sp³-hybridized carbons (Fsp3) is 0.412. The Morgan fingerprint density at radius 1 is 1.35 bits per heavy atom. The number of nitrogens with one attached hydrogen (secondary N) is 1. The number of hydrogen-bond acceptors (Lipinski definition) is 4. The van der Waals surface area contributed by atoms with Crippen LogP contribution in [0.25, 0.3) is 5.52 Å². The van der Waals surface area contributed by atoms with Gasteiger partial charge in [0.05, 0.1) is 30.8 Å². The number of aromatic amines is 1. The topological polar surface area (TPSA) is 58.5 Å². The SMILES string of the molecule is c1cc2c(C[C@H]3COCCN(Cc4cnc[nH]4)C3)nccn2c1. The van der Waals surface area contributed by atoms with Gasteiger partial charge in [0.1, 0.15) is 0 Å². The summed E-state index contributed by atoms with van der Waals surface area (Å²) in [4.78, 5) is 14.3. The minimum atomic E-state index is 0.453. The molecule has 6 nitrogen and oxygen atoms in total. The van der Waals surface area contributed by atoms with Gasteiger partial charge in [-0.1, -0.05) is 0 Å². The number of ether oxygens (including phenoxy) is 1. The molecular formula is C17H21N5O. The molecule has 0 bridgehead atoms. The number of rotatable bonds is 4. The van der Waals surface area contributed by atoms with Crippen LogP contribution in [0.4, 0.5) is 0 Å². The summed E-state index contributed by atoms with van der Waals surface area (Å²) in [7, 11) is 0. The number of fused-ring (bicyclic) bond motifs is 1. The molecule has 0 spiro atoms. The molecule has 1 atom stereocenters. The van der Waals surface area contributed by atoms with Gasteiger partial charge in [0, 0.05) is 56.0 Å². The zero-order chi connectivity index (χ0) is 15.5. The number of imidazole rings is 1. The highest BCUT2D eigenvalue weighted by Crippen LogP contribution is 2.17. The van der Waals surface area contributed by atoms with Crippen LogP contribution in [0.1, 0.15) is 11.4 Å². The summed E-state index contributed by atoms with van der Waals surface area (Å²) in [5, 5.41) is 0. The van der Waals surface area contributed by atoms with E-state index in [1.807, 2.05) is 18.6 Å². The maximum atomic E-state index is 5.82. The van der Waals surface area contributed by atoms with Crippen molar-refractivity contribution in [1.82, 2.24) is 24.3 Å². The van der Waals surface area contributed by atoms with E-state index in [4.69, 9.17) is 4.74 Å². The van der Waals surface area contributed by atoms with Crippen molar-refractivity contribution in [3.05, 3.63) is 54.6 Å². The van der Waals surface area contributed by atoms with E-state index in [-0.39, 0.29) is 0 Å². The second-order valence-electron chi connectivity index (χ2n) is 6.13. The smallest absolute Gasteiger partial charge is 0.0922 e. The monoisotopic (exact) mass is 311 g/mol. The summed E-state index contributed by atoms with van der Waals surface area (Å²) < 4.78 is 7.95. The largest absolute Gasteiger partial charge is 0.380 e. The minimum absolute atomic E-state index is 0.453. The zero-order valence-corrected chi connectivity index (χ0v) is 13.1. The molecule has 0 radical (unpaired) electrons. The lowest BCUT2D eigenvalue weighted by molar-refractivity contribution is 0.121. The van der Waals surface area contributed by atoms with Crippen LogP contribution in [0.3, 0.4) is 0 Å². The van der Waals surface area contributed by atoms with Crippen LogP contribution in [0.2, 0.25) is 0 Å². The van der Waals surface area contributed by atoms with Gasteiger partial charge >= 0.3 is 0 Å². The van der Waals surface area contributed by atoms with Crippen molar-refractivity contribution in [3.63, 3.8) is 0 Å². The Hall–Kier alpha value is -2.18. The predicted molar refractivity (Wildman–Crippen MR) is 87.1 cm³/mol. The van der Waals surface area contributed by atoms with E-state index in [2.05, 4.69) is 42.6 Å². The van der Waals surface area contributed by atoms with Crippen molar-refractivity contribution < 1.29 is 4.74 Å². The second kappa shape index (κ2) is 6.52. The standard InChI is InChI=1S/C17H21N5O/c1-2-17-16(19-3-5-22(17)4-1)8-14-10-21(6-7-23-12-14)11-15-9-18-13-20-15/h1-5,9,13-14H,6-8,10-12H2,(H,18,20)/t14-/m1/s1. The van der Waals surface area contributed by atoms with Crippen LogP contribution in [-0.2, 0) is 17.7 Å². The quantitative estimate of drug-likeness (QED) is 0.797. The van der Waals surface area contributed by atoms with Crippen LogP contribution >= 0.6 is 0 Å². The van der Waals surface area contributed by atoms with Gasteiger partial charge in [-0.15, -0.1) is 0 Å². The molecule has 0 unspecified atom stereocenters. The van der Waals surface area contributed by atoms with E-state index in [1.54, 1.807) is 6.33 Å². The first-order chi connectivity index (χ1) is 11.4. The number of H-pyrrole nitrogens is 1. The molecule has 1 aliphatic heterocycles. The Labute approximate surface area is 135 Å². The van der Waals surface area contributed by atoms with Crippen molar-refractivity contribution in [2.24, 2.45) is 5.92 Å². The molecule has 0 aromatic carbocycles. The van der Waals surface area contributed by atoms with Gasteiger partial charge in [0.25, 0.3) is 0 Å². The van der Waals surface area contributed by atoms with Gasteiger partial charge in [-0.2, -0.15) is 0 Å². The Balaban J connectivity index is 1.48. The molecule has 1 aliphatic rings. The van der Waals surface area contributed by atoms with Crippen molar-refractivity contribution >= 4 is 5.52 Å². The van der Waals surface area contributed by atoms with E-state index < -0.39 is 0 Å². The highest BCUT2D eigenvalue weighted by Gasteiger charge is 2.21. The normalized spacial score (nSPS) is 19.9. The zero-order valence-electron chi connectivity index (χ0n) is 13.1. The van der Waals surface area contributed by atoms with Crippen LogP contribution in [0.15, 0.2) is 43.2 Å². The van der Waals surface area contributed by atoms with Crippen LogP contribution < -0.4 is 0 Å². The Morgan fingerprint density at radius 2 is 2.35 bits per heavy atom. The molecule has 6 heteroatoms. The molecule has 4 heterocycles. The predicted octanol–water partition coefficient (Wildman–Crippen LogP) is 1.75. The van der Waals surface area contributed by atoms with Crippen molar-refractivity contribution in [3.8, 4) is 0 Å². The van der Waals surface area contributed by atoms with Crippen LogP contribution in [-0.4, -0.2) is 50.6 Å². The lowest BCUT2D eigenvalue weighted by atomic mass is 10.0. The average molecular weight is 311 g/mol. The first kappa shape index (κ1) is 14.4. The summed E-state index contributed by atoms with van der Waals surface area (Å²) in [6.45, 7) is 4.44. The van der Waals surface area contributed by atoms with Gasteiger partial charge < -0.3 is 14.1 Å². The Bertz CT molecular complexity index is 751. The third-order valence-corrected chi connectivity index (χ3v) is 4.38. The molecule has 3 aromatic heterocycles. The van der Waals surface area contributed by atoms with E-state index in [0.717, 1.165) is 50.7 Å². The summed E-state index contributed by atoms with van der Waals surface area (Å²) in [6.07, 6.45) is 10.5. The van der Waals surface area contributed by atoms with Gasteiger partial charge in [-0.05, 0) is 18.6 Å². The molecule has 0 saturated carbocycles. The lowest BCUT2D eigenvalue weighted by Gasteiger charge is -2.22. The first-order valence-corrected chi connectivity index (χ1v) is 8.06. The Kier molecular flexibility index (Phi) is 4.08. The van der Waals surface area contributed by atoms with Gasteiger partial charge in [-0.25, -0.2) is 4.98 Å². The third kappa shape index (κ3) is 3.28. The van der Waals surface area contributed by atoms with Crippen molar-refractivity contribution in [2.45, 2.75) is 13.0 Å². The highest BCUT2D eigenvalue weighted by molar-refractivity contribution is 5.52. The van der Waals surface area contributed by atoms with E-state index in [1.165, 1.54) is 5.52 Å². The molecular weight excluding hydrogens is 290 g/mol. The van der Waals surface area contributed by atoms with Gasteiger partial charge in [0.2, 0.25) is 0 Å². The molecule has 3 aromatic rings. The molecule has 1 N–H and O–H groups in total. The Morgan fingerprint density at radius 3 is 3.26 bits per heavy atom. The maximum Gasteiger partial charge on any atom is 0.0922 e. The van der Waals surface area contributed by atoms with Crippen molar-refractivity contribution in [1.29, 1.82) is 0 Å². The van der Waals surface area contributed by atoms with E-state index in [9.17, 15) is 0 Å². The van der Waals surface area contributed by atoms with E-state index in [0.29, 0.717) is 5.92 Å². The minimum Gasteiger partial charge on any atom is -0.380 e. The lowest BCUT2D eigenvalue weighted by Crippen LogP contribution is -2.30.